The highest BCUT2D eigenvalue weighted by Crippen LogP contribution is 2.57. The SMILES string of the molecule is O=C(NCCN1CCNCCNCCNCC1)c1ccc2c(c1)C(=O)OC21c2ccc(O)cc2Oc2cc(OCC[18F])ccc21. The molecular weight excluding hydrogens is 580 g/mol. The molecule has 3 heterocycles. The van der Waals surface area contributed by atoms with Crippen LogP contribution >= 0.6 is 0 Å². The quantitative estimate of drug-likeness (QED) is 0.251. The van der Waals surface area contributed by atoms with E-state index in [1.807, 2.05) is 0 Å². The van der Waals surface area contributed by atoms with Gasteiger partial charge in [-0.3, -0.25) is 9.69 Å². The number of aromatic hydroxyl groups is 1. The van der Waals surface area contributed by atoms with Crippen LogP contribution in [-0.4, -0.2) is 101 Å². The van der Waals surface area contributed by atoms with Crippen molar-refractivity contribution in [3.05, 3.63) is 82.4 Å². The molecule has 3 aliphatic heterocycles. The smallest absolute Gasteiger partial charge is 0.340 e. The minimum Gasteiger partial charge on any atom is -0.508 e. The van der Waals surface area contributed by atoms with Crippen LogP contribution in [0.1, 0.15) is 37.4 Å². The predicted molar refractivity (Wildman–Crippen MR) is 165 cm³/mol. The van der Waals surface area contributed by atoms with Gasteiger partial charge in [0.1, 0.15) is 36.3 Å². The number of ether oxygens (including phenoxy) is 3. The molecule has 1 unspecified atom stereocenters. The third-order valence-electron chi connectivity index (χ3n) is 8.25. The third-order valence-corrected chi connectivity index (χ3v) is 8.25. The molecule has 1 amide bonds. The molecule has 12 heteroatoms. The normalized spacial score (nSPS) is 20.1. The Morgan fingerprint density at radius 2 is 1.58 bits per heavy atom. The fourth-order valence-corrected chi connectivity index (χ4v) is 6.05. The second kappa shape index (κ2) is 13.8. The summed E-state index contributed by atoms with van der Waals surface area (Å²) in [7, 11) is 0. The van der Waals surface area contributed by atoms with E-state index in [-0.39, 0.29) is 23.8 Å². The summed E-state index contributed by atoms with van der Waals surface area (Å²) in [6, 6.07) is 14.6. The summed E-state index contributed by atoms with van der Waals surface area (Å²) in [5, 5.41) is 23.5. The number of hydrogen-bond acceptors (Lipinski definition) is 10. The molecule has 1 spiro atoms. The summed E-state index contributed by atoms with van der Waals surface area (Å²) in [6.07, 6.45) is 0. The van der Waals surface area contributed by atoms with Crippen molar-refractivity contribution in [1.29, 1.82) is 0 Å². The van der Waals surface area contributed by atoms with E-state index in [2.05, 4.69) is 26.2 Å². The van der Waals surface area contributed by atoms with E-state index in [1.165, 1.54) is 12.1 Å². The molecule has 11 nitrogen and oxygen atoms in total. The zero-order chi connectivity index (χ0) is 31.2. The number of amides is 1. The average molecular weight is 619 g/mol. The molecule has 1 fully saturated rings. The van der Waals surface area contributed by atoms with Crippen molar-refractivity contribution in [2.45, 2.75) is 5.60 Å². The van der Waals surface area contributed by atoms with Crippen LogP contribution in [0.4, 0.5) is 4.39 Å². The van der Waals surface area contributed by atoms with Gasteiger partial charge in [-0.1, -0.05) is 6.07 Å². The molecule has 3 aliphatic rings. The third kappa shape index (κ3) is 6.45. The maximum atomic E-state index is 13.5. The minimum atomic E-state index is -1.38. The van der Waals surface area contributed by atoms with E-state index < -0.39 is 18.2 Å². The van der Waals surface area contributed by atoms with E-state index >= 15 is 0 Å². The number of fused-ring (bicyclic) bond motifs is 6. The van der Waals surface area contributed by atoms with Crippen molar-refractivity contribution in [2.75, 3.05) is 78.7 Å². The maximum Gasteiger partial charge on any atom is 0.340 e. The average Bonchev–Trinajstić information content (AvgIpc) is 3.32. The number of phenolic OH excluding ortho intramolecular Hbond substituents is 1. The van der Waals surface area contributed by atoms with Gasteiger partial charge in [0.25, 0.3) is 5.91 Å². The van der Waals surface area contributed by atoms with E-state index in [0.29, 0.717) is 52.6 Å². The Labute approximate surface area is 261 Å². The highest BCUT2D eigenvalue weighted by Gasteiger charge is 2.53. The fraction of sp³-hybridized carbons (Fsp3) is 0.394. The van der Waals surface area contributed by atoms with Gasteiger partial charge < -0.3 is 40.6 Å². The van der Waals surface area contributed by atoms with Gasteiger partial charge in [-0.05, 0) is 36.4 Å². The second-order valence-electron chi connectivity index (χ2n) is 11.2. The Bertz CT molecular complexity index is 1540. The summed E-state index contributed by atoms with van der Waals surface area (Å²) in [5.41, 5.74) is 0.857. The molecule has 0 saturated carbocycles. The van der Waals surface area contributed by atoms with Gasteiger partial charge in [-0.2, -0.15) is 0 Å². The number of carbonyl (C=O) groups is 2. The molecule has 0 bridgehead atoms. The van der Waals surface area contributed by atoms with E-state index in [9.17, 15) is 19.1 Å². The van der Waals surface area contributed by atoms with Gasteiger partial charge in [0.05, 0.1) is 5.56 Å². The first-order chi connectivity index (χ1) is 22.0. The molecule has 45 heavy (non-hydrogen) atoms. The molecule has 6 rings (SSSR count). The lowest BCUT2D eigenvalue weighted by Gasteiger charge is -2.36. The minimum absolute atomic E-state index is 0.0219. The number of rotatable bonds is 7. The summed E-state index contributed by atoms with van der Waals surface area (Å²) >= 11 is 0. The topological polar surface area (TPSA) is 133 Å². The van der Waals surface area contributed by atoms with Crippen LogP contribution in [0.15, 0.2) is 54.6 Å². The summed E-state index contributed by atoms with van der Waals surface area (Å²) < 4.78 is 30.5. The molecule has 0 aliphatic carbocycles. The Morgan fingerprint density at radius 3 is 2.31 bits per heavy atom. The lowest BCUT2D eigenvalue weighted by Crippen LogP contribution is -2.44. The molecule has 1 saturated heterocycles. The summed E-state index contributed by atoms with van der Waals surface area (Å²) in [5.74, 6) is 0.145. The molecule has 3 aromatic rings. The number of alkyl halides is 1. The van der Waals surface area contributed by atoms with Crippen LogP contribution in [0.25, 0.3) is 0 Å². The van der Waals surface area contributed by atoms with Gasteiger partial charge in [0, 0.05) is 99.8 Å². The van der Waals surface area contributed by atoms with Crippen LogP contribution in [-0.2, 0) is 10.3 Å². The summed E-state index contributed by atoms with van der Waals surface area (Å²) in [4.78, 5) is 29.0. The molecular formula is C33H38FN5O6. The molecule has 0 aromatic heterocycles. The lowest BCUT2D eigenvalue weighted by atomic mass is 9.77. The predicted octanol–water partition coefficient (Wildman–Crippen LogP) is 2.12. The highest BCUT2D eigenvalue weighted by molar-refractivity contribution is 6.01. The zero-order valence-corrected chi connectivity index (χ0v) is 25.0. The van der Waals surface area contributed by atoms with Crippen molar-refractivity contribution in [1.82, 2.24) is 26.2 Å². The number of hydrogen-bond donors (Lipinski definition) is 5. The van der Waals surface area contributed by atoms with E-state index in [0.717, 1.165) is 52.4 Å². The zero-order valence-electron chi connectivity index (χ0n) is 25.0. The number of benzene rings is 3. The first-order valence-corrected chi connectivity index (χ1v) is 15.3. The number of phenols is 1. The molecule has 5 N–H and O–H groups in total. The molecule has 238 valence electrons. The van der Waals surface area contributed by atoms with Crippen molar-refractivity contribution in [3.8, 4) is 23.0 Å². The van der Waals surface area contributed by atoms with Gasteiger partial charge in [0.2, 0.25) is 0 Å². The first kappa shape index (κ1) is 30.8. The Kier molecular flexibility index (Phi) is 9.45. The monoisotopic (exact) mass is 618 g/mol. The maximum absolute atomic E-state index is 13.5. The van der Waals surface area contributed by atoms with E-state index in [4.69, 9.17) is 14.2 Å². The number of nitrogens with one attached hydrogen (secondary N) is 4. The number of nitrogens with zero attached hydrogens (tertiary/aromatic N) is 1. The van der Waals surface area contributed by atoms with Gasteiger partial charge in [-0.25, -0.2) is 9.18 Å². The number of carbonyl (C=O) groups excluding carboxylic acids is 2. The molecule has 1 atom stereocenters. The molecule has 0 radical (unpaired) electrons. The van der Waals surface area contributed by atoms with Gasteiger partial charge >= 0.3 is 5.97 Å². The first-order valence-electron chi connectivity index (χ1n) is 15.3. The van der Waals surface area contributed by atoms with Crippen molar-refractivity contribution in [2.24, 2.45) is 0 Å². The van der Waals surface area contributed by atoms with Gasteiger partial charge in [0.15, 0.2) is 5.60 Å². The fourth-order valence-electron chi connectivity index (χ4n) is 6.05. The van der Waals surface area contributed by atoms with Gasteiger partial charge in [-0.15, -0.1) is 0 Å². The number of esters is 1. The van der Waals surface area contributed by atoms with Crippen molar-refractivity contribution >= 4 is 11.9 Å². The van der Waals surface area contributed by atoms with Crippen LogP contribution in [0.3, 0.4) is 0 Å². The Morgan fingerprint density at radius 1 is 0.911 bits per heavy atom. The largest absolute Gasteiger partial charge is 0.508 e. The Balaban J connectivity index is 1.22. The Hall–Kier alpha value is -4.23. The van der Waals surface area contributed by atoms with Crippen molar-refractivity contribution in [3.63, 3.8) is 0 Å². The van der Waals surface area contributed by atoms with Crippen LogP contribution in [0, 0.1) is 0 Å². The van der Waals surface area contributed by atoms with Crippen LogP contribution in [0.2, 0.25) is 0 Å². The highest BCUT2D eigenvalue weighted by atomic mass is 18.2. The summed E-state index contributed by atoms with van der Waals surface area (Å²) in [6.45, 7) is 7.56. The second-order valence-corrected chi connectivity index (χ2v) is 11.2. The number of halogens is 1. The van der Waals surface area contributed by atoms with Crippen LogP contribution in [0.5, 0.6) is 23.0 Å². The van der Waals surface area contributed by atoms with Crippen LogP contribution < -0.4 is 30.7 Å². The standard InChI is InChI=1S/C33H38FN5O6/c34-7-18-43-24-3-6-28-30(21-24)44-29-20-23(40)2-5-27(29)33(28)26-4-1-22(19-25(26)32(42)45-33)31(41)38-14-17-39-15-12-36-10-8-35-9-11-37-13-16-39/h1-6,19-21,35-37,40H,7-18H2,(H,38,41)/i34-1. The lowest BCUT2D eigenvalue weighted by molar-refractivity contribution is 0.0224. The van der Waals surface area contributed by atoms with Crippen molar-refractivity contribution < 1.29 is 33.3 Å². The van der Waals surface area contributed by atoms with E-state index in [1.54, 1.807) is 42.5 Å². The molecule has 3 aromatic carbocycles.